The van der Waals surface area contributed by atoms with E-state index in [9.17, 15) is 86.3 Å². The van der Waals surface area contributed by atoms with Gasteiger partial charge >= 0.3 is 36.3 Å². The largest absolute Gasteiger partial charge is 0.673 e. The van der Waals surface area contributed by atoms with Gasteiger partial charge in [0.15, 0.2) is 0 Å². The lowest BCUT2D eigenvalue weighted by molar-refractivity contribution is 0.366. The Bertz CT molecular complexity index is 185. The van der Waals surface area contributed by atoms with E-state index in [1.54, 1.807) is 0 Å². The number of quaternary nitrogens is 5. The van der Waals surface area contributed by atoms with Crippen molar-refractivity contribution in [2.75, 3.05) is 0 Å². The Morgan fingerprint density at radius 3 is 0.167 bits per heavy atom. The van der Waals surface area contributed by atoms with Crippen molar-refractivity contribution in [2.45, 2.75) is 0 Å². The molecule has 0 atom stereocenters. The maximum absolute atomic E-state index is 9.75. The van der Waals surface area contributed by atoms with Crippen molar-refractivity contribution < 1.29 is 86.3 Å². The summed E-state index contributed by atoms with van der Waals surface area (Å²) in [7, 11) is -30.0. The lowest BCUT2D eigenvalue weighted by atomic mass is 10.3. The van der Waals surface area contributed by atoms with Gasteiger partial charge in [-0.25, -0.2) is 0 Å². The molecule has 0 unspecified atom stereocenters. The summed E-state index contributed by atoms with van der Waals surface area (Å²) in [6, 6.07) is 0. The molecule has 30 heteroatoms. The molecule has 0 saturated carbocycles. The highest BCUT2D eigenvalue weighted by Crippen LogP contribution is 2.08. The van der Waals surface area contributed by atoms with Gasteiger partial charge in [-0.15, -0.1) is 0 Å². The van der Waals surface area contributed by atoms with Gasteiger partial charge in [-0.3, -0.25) is 0 Å². The first-order valence-electron chi connectivity index (χ1n) is 4.36. The molecular weight excluding hydrogens is 504 g/mol. The minimum absolute atomic E-state index is 0. The first kappa shape index (κ1) is 63.0. The molecule has 0 heterocycles. The minimum Gasteiger partial charge on any atom is -0.418 e. The molecule has 0 bridgehead atoms. The number of hydrogen-bond donors (Lipinski definition) is 5. The van der Waals surface area contributed by atoms with Gasteiger partial charge in [0.25, 0.3) is 0 Å². The number of hydrogen-bond acceptors (Lipinski definition) is 0. The fourth-order valence-corrected chi connectivity index (χ4v) is 0. The van der Waals surface area contributed by atoms with Gasteiger partial charge in [0.2, 0.25) is 0 Å². The lowest BCUT2D eigenvalue weighted by Crippen LogP contribution is -2.02. The van der Waals surface area contributed by atoms with Crippen LogP contribution in [0.25, 0.3) is 0 Å². The summed E-state index contributed by atoms with van der Waals surface area (Å²) < 4.78 is 195. The number of rotatable bonds is 0. The van der Waals surface area contributed by atoms with Crippen LogP contribution in [0.2, 0.25) is 0 Å². The van der Waals surface area contributed by atoms with Gasteiger partial charge in [0.05, 0.1) is 0 Å². The van der Waals surface area contributed by atoms with Crippen LogP contribution in [-0.4, -0.2) is 36.3 Å². The molecule has 0 saturated heterocycles. The molecule has 0 aliphatic rings. The topological polar surface area (TPSA) is 182 Å². The minimum atomic E-state index is -6.00. The van der Waals surface area contributed by atoms with E-state index in [4.69, 9.17) is 0 Å². The fourth-order valence-electron chi connectivity index (χ4n) is 0. The molecule has 0 aliphatic carbocycles. The molecule has 0 aromatic carbocycles. The van der Waals surface area contributed by atoms with E-state index < -0.39 is 36.3 Å². The van der Waals surface area contributed by atoms with Crippen LogP contribution in [0, 0.1) is 0 Å². The third kappa shape index (κ3) is 10900. The molecule has 0 aliphatic heterocycles. The van der Waals surface area contributed by atoms with Crippen LogP contribution in [-0.2, 0) is 0 Å². The second-order valence-corrected chi connectivity index (χ2v) is 2.47. The molecule has 0 aromatic heterocycles. The highest BCUT2D eigenvalue weighted by Gasteiger charge is 2.22. The van der Waals surface area contributed by atoms with Crippen LogP contribution < -0.4 is 30.8 Å². The summed E-state index contributed by atoms with van der Waals surface area (Å²) in [5, 5.41) is 0. The Kier molecular flexibility index (Phi) is 50.4. The normalized spacial score (nSPS) is 10.0. The number of halogens is 20. The van der Waals surface area contributed by atoms with E-state index >= 15 is 0 Å². The summed E-state index contributed by atoms with van der Waals surface area (Å²) in [5.74, 6) is 0. The molecule has 0 radical (unpaired) electrons. The van der Waals surface area contributed by atoms with Crippen molar-refractivity contribution in [1.29, 1.82) is 0 Å². The Labute approximate surface area is 155 Å². The lowest BCUT2D eigenvalue weighted by Gasteiger charge is -1.94. The highest BCUT2D eigenvalue weighted by atomic mass is 19.5. The third-order valence-corrected chi connectivity index (χ3v) is 0. The van der Waals surface area contributed by atoms with Gasteiger partial charge in [-0.1, -0.05) is 0 Å². The maximum Gasteiger partial charge on any atom is 0.673 e. The van der Waals surface area contributed by atoms with Crippen LogP contribution in [0.15, 0.2) is 0 Å². The van der Waals surface area contributed by atoms with Crippen molar-refractivity contribution in [3.8, 4) is 0 Å². The van der Waals surface area contributed by atoms with Crippen molar-refractivity contribution in [2.24, 2.45) is 0 Å². The van der Waals surface area contributed by atoms with Crippen LogP contribution >= 0.6 is 0 Å². The molecule has 30 heavy (non-hydrogen) atoms. The van der Waals surface area contributed by atoms with E-state index in [0.717, 1.165) is 0 Å². The average Bonchev–Trinajstić information content (AvgIpc) is 1.79. The van der Waals surface area contributed by atoms with E-state index in [2.05, 4.69) is 0 Å². The smallest absolute Gasteiger partial charge is 0.418 e. The van der Waals surface area contributed by atoms with Gasteiger partial charge in [0, 0.05) is 0 Å². The molecule has 0 spiro atoms. The van der Waals surface area contributed by atoms with E-state index in [0.29, 0.717) is 0 Å². The van der Waals surface area contributed by atoms with Crippen molar-refractivity contribution in [1.82, 2.24) is 30.8 Å². The Hall–Kier alpha value is -1.28. The zero-order chi connectivity index (χ0) is 22.5. The molecular formula is H20B5F20N5. The Morgan fingerprint density at radius 2 is 0.167 bits per heavy atom. The predicted octanol–water partition coefficient (Wildman–Crippen LogP) is 8.38. The highest BCUT2D eigenvalue weighted by molar-refractivity contribution is 6.51. The summed E-state index contributed by atoms with van der Waals surface area (Å²) in [5.41, 5.74) is 0. The van der Waals surface area contributed by atoms with Crippen LogP contribution in [0.5, 0.6) is 0 Å². The van der Waals surface area contributed by atoms with Gasteiger partial charge in [-0.2, -0.15) is 0 Å². The second kappa shape index (κ2) is 24.0. The zero-order valence-electron chi connectivity index (χ0n) is 15.4. The first-order chi connectivity index (χ1) is 10.0. The molecule has 20 N–H and O–H groups in total. The maximum atomic E-state index is 9.75. The monoisotopic (exact) mass is 525 g/mol. The first-order valence-corrected chi connectivity index (χ1v) is 4.36. The quantitative estimate of drug-likeness (QED) is 0.151. The van der Waals surface area contributed by atoms with Gasteiger partial charge < -0.3 is 117 Å². The third-order valence-electron chi connectivity index (χ3n) is 0. The Balaban J connectivity index is -0.0000000200. The zero-order valence-corrected chi connectivity index (χ0v) is 15.4. The van der Waals surface area contributed by atoms with Crippen LogP contribution in [0.4, 0.5) is 86.3 Å². The molecule has 5 nitrogen and oxygen atoms in total. The SMILES string of the molecule is F[B-](F)(F)F.F[B-](F)(F)F.F[B-](F)(F)F.F[B-](F)(F)F.F[B-](F)(F)F.[NH4+].[NH4+].[NH4+].[NH4+].[NH4+]. The Morgan fingerprint density at radius 1 is 0.167 bits per heavy atom. The average molecular weight is 524 g/mol. The summed E-state index contributed by atoms with van der Waals surface area (Å²) >= 11 is 0. The fraction of sp³-hybridized carbons (Fsp3) is 0. The molecule has 0 amide bonds. The van der Waals surface area contributed by atoms with Gasteiger partial charge in [0.1, 0.15) is 0 Å². The van der Waals surface area contributed by atoms with E-state index in [-0.39, 0.29) is 30.8 Å². The standard InChI is InChI=1S/5BF4.5H3N/c5*2-1(3,4)5;;;;;/h;;;;;5*1H3/q5*-1;;;;;/p+5. The predicted molar refractivity (Wildman–Crippen MR) is 80.9 cm³/mol. The molecule has 0 fully saturated rings. The molecule has 0 rings (SSSR count). The van der Waals surface area contributed by atoms with E-state index in [1.165, 1.54) is 0 Å². The van der Waals surface area contributed by atoms with Crippen LogP contribution in [0.1, 0.15) is 0 Å². The molecule has 0 aromatic rings. The van der Waals surface area contributed by atoms with Crippen molar-refractivity contribution in [3.63, 3.8) is 0 Å². The second-order valence-electron chi connectivity index (χ2n) is 2.47. The van der Waals surface area contributed by atoms with Crippen molar-refractivity contribution in [3.05, 3.63) is 0 Å². The van der Waals surface area contributed by atoms with Crippen molar-refractivity contribution >= 4 is 36.3 Å². The summed E-state index contributed by atoms with van der Waals surface area (Å²) in [6.07, 6.45) is 0. The summed E-state index contributed by atoms with van der Waals surface area (Å²) in [4.78, 5) is 0. The van der Waals surface area contributed by atoms with Gasteiger partial charge in [-0.05, 0) is 0 Å². The molecule has 200 valence electrons. The van der Waals surface area contributed by atoms with E-state index in [1.807, 2.05) is 0 Å². The van der Waals surface area contributed by atoms with Crippen LogP contribution in [0.3, 0.4) is 0 Å². The summed E-state index contributed by atoms with van der Waals surface area (Å²) in [6.45, 7) is 0.